The van der Waals surface area contributed by atoms with E-state index in [1.807, 2.05) is 36.1 Å². The summed E-state index contributed by atoms with van der Waals surface area (Å²) in [6, 6.07) is 10.3. The average Bonchev–Trinajstić information content (AvgIpc) is 3.49. The molecule has 4 heterocycles. The van der Waals surface area contributed by atoms with Gasteiger partial charge >= 0.3 is 0 Å². The minimum atomic E-state index is -3.95. The zero-order valence-electron chi connectivity index (χ0n) is 16.7. The lowest BCUT2D eigenvalue weighted by atomic mass is 10.2. The molecule has 0 bridgehead atoms. The summed E-state index contributed by atoms with van der Waals surface area (Å²) < 4.78 is 43.2. The summed E-state index contributed by atoms with van der Waals surface area (Å²) in [5.41, 5.74) is 1.78. The molecular formula is C20H18N6O4S. The van der Waals surface area contributed by atoms with Gasteiger partial charge in [0, 0.05) is 42.6 Å². The summed E-state index contributed by atoms with van der Waals surface area (Å²) in [6.45, 7) is 0.400. The van der Waals surface area contributed by atoms with Crippen LogP contribution in [0.2, 0.25) is 0 Å². The minimum Gasteiger partial charge on any atom is -0.480 e. The van der Waals surface area contributed by atoms with Crippen molar-refractivity contribution in [3.63, 3.8) is 0 Å². The van der Waals surface area contributed by atoms with E-state index < -0.39 is 10.0 Å². The molecule has 158 valence electrons. The Labute approximate surface area is 177 Å². The second-order valence-electron chi connectivity index (χ2n) is 6.95. The zero-order valence-corrected chi connectivity index (χ0v) is 17.5. The average molecular weight is 438 g/mol. The first-order valence-electron chi connectivity index (χ1n) is 9.34. The maximum atomic E-state index is 13.2. The van der Waals surface area contributed by atoms with Gasteiger partial charge in [-0.05, 0) is 24.3 Å². The molecule has 1 N–H and O–H groups in total. The molecule has 4 aromatic heterocycles. The van der Waals surface area contributed by atoms with Crippen molar-refractivity contribution in [2.24, 2.45) is 7.05 Å². The Balaban J connectivity index is 1.55. The molecule has 0 saturated carbocycles. The topological polar surface area (TPSA) is 117 Å². The van der Waals surface area contributed by atoms with Gasteiger partial charge in [-0.1, -0.05) is 11.2 Å². The smallest absolute Gasteiger partial charge is 0.263 e. The third-order valence-corrected chi connectivity index (χ3v) is 6.36. The van der Waals surface area contributed by atoms with Crippen LogP contribution in [-0.4, -0.2) is 40.0 Å². The Morgan fingerprint density at radius 2 is 2.06 bits per heavy atom. The van der Waals surface area contributed by atoms with E-state index in [9.17, 15) is 8.42 Å². The van der Waals surface area contributed by atoms with Crippen molar-refractivity contribution >= 4 is 37.7 Å². The van der Waals surface area contributed by atoms with Gasteiger partial charge in [0.05, 0.1) is 24.2 Å². The molecule has 0 radical (unpaired) electrons. The van der Waals surface area contributed by atoms with Crippen LogP contribution in [-0.2, 0) is 23.6 Å². The highest BCUT2D eigenvalue weighted by molar-refractivity contribution is 7.93. The number of benzene rings is 1. The van der Waals surface area contributed by atoms with Gasteiger partial charge in [-0.25, -0.2) is 13.4 Å². The van der Waals surface area contributed by atoms with E-state index in [0.29, 0.717) is 28.6 Å². The van der Waals surface area contributed by atoms with E-state index in [0.717, 1.165) is 5.52 Å². The Morgan fingerprint density at radius 3 is 2.84 bits per heavy atom. The molecule has 10 nitrogen and oxygen atoms in total. The molecule has 0 aliphatic carbocycles. The van der Waals surface area contributed by atoms with Crippen LogP contribution < -0.4 is 9.46 Å². The number of ether oxygens (including phenoxy) is 1. The quantitative estimate of drug-likeness (QED) is 0.433. The van der Waals surface area contributed by atoms with E-state index in [1.165, 1.54) is 7.11 Å². The van der Waals surface area contributed by atoms with Crippen LogP contribution in [0.1, 0.15) is 5.69 Å². The fraction of sp³-hybridized carbons (Fsp3) is 0.150. The number of anilines is 1. The highest BCUT2D eigenvalue weighted by atomic mass is 32.2. The van der Waals surface area contributed by atoms with Gasteiger partial charge in [0.1, 0.15) is 5.39 Å². The number of pyridine rings is 1. The number of hydrogen-bond donors (Lipinski definition) is 1. The monoisotopic (exact) mass is 438 g/mol. The summed E-state index contributed by atoms with van der Waals surface area (Å²) in [7, 11) is -0.638. The first kappa shape index (κ1) is 19.1. The highest BCUT2D eigenvalue weighted by Gasteiger charge is 2.24. The van der Waals surface area contributed by atoms with Crippen molar-refractivity contribution < 1.29 is 17.7 Å². The van der Waals surface area contributed by atoms with Crippen LogP contribution in [0.4, 0.5) is 5.82 Å². The number of nitrogens with zero attached hydrogens (tertiary/aromatic N) is 5. The molecule has 0 aliphatic rings. The van der Waals surface area contributed by atoms with Crippen LogP contribution in [0, 0.1) is 0 Å². The third kappa shape index (κ3) is 3.28. The Bertz CT molecular complexity index is 1500. The van der Waals surface area contributed by atoms with Crippen molar-refractivity contribution in [3.8, 4) is 5.88 Å². The molecule has 0 aliphatic heterocycles. The fourth-order valence-corrected chi connectivity index (χ4v) is 4.75. The maximum Gasteiger partial charge on any atom is 0.263 e. The number of aromatic nitrogens is 5. The normalized spacial score (nSPS) is 11.9. The number of hydrogen-bond acceptors (Lipinski definition) is 7. The van der Waals surface area contributed by atoms with Crippen LogP contribution in [0.25, 0.3) is 21.9 Å². The summed E-state index contributed by atoms with van der Waals surface area (Å²) >= 11 is 0. The molecule has 0 unspecified atom stereocenters. The standard InChI is InChI=1S/C20H18N6O4S/c1-25-10-7-14-15(25)5-3-6-17(14)31(27,28)24-19-18-16(30-23-19)11-13(22-20(18)29-2)12-26-9-4-8-21-26/h3-11H,12H2,1-2H3,(H,23,24). The lowest BCUT2D eigenvalue weighted by Gasteiger charge is -2.09. The predicted molar refractivity (Wildman–Crippen MR) is 113 cm³/mol. The summed E-state index contributed by atoms with van der Waals surface area (Å²) in [5.74, 6) is 0.217. The number of methoxy groups -OCH3 is 1. The number of aryl methyl sites for hydroxylation is 1. The van der Waals surface area contributed by atoms with Gasteiger partial charge in [0.15, 0.2) is 11.4 Å². The maximum absolute atomic E-state index is 13.2. The predicted octanol–water partition coefficient (Wildman–Crippen LogP) is 2.77. The first-order chi connectivity index (χ1) is 15.0. The van der Waals surface area contributed by atoms with Crippen molar-refractivity contribution in [2.45, 2.75) is 11.4 Å². The van der Waals surface area contributed by atoms with E-state index in [4.69, 9.17) is 9.26 Å². The third-order valence-electron chi connectivity index (χ3n) is 4.96. The molecule has 0 spiro atoms. The van der Waals surface area contributed by atoms with Gasteiger partial charge < -0.3 is 13.8 Å². The molecule has 0 atom stereocenters. The first-order valence-corrected chi connectivity index (χ1v) is 10.8. The number of sulfonamides is 1. The summed E-state index contributed by atoms with van der Waals surface area (Å²) in [5, 5.41) is 9.03. The molecule has 5 aromatic rings. The zero-order chi connectivity index (χ0) is 21.6. The fourth-order valence-electron chi connectivity index (χ4n) is 3.53. The number of rotatable bonds is 6. The molecule has 1 aromatic carbocycles. The van der Waals surface area contributed by atoms with Crippen molar-refractivity contribution in [1.82, 2.24) is 24.5 Å². The van der Waals surface area contributed by atoms with Crippen LogP contribution >= 0.6 is 0 Å². The lowest BCUT2D eigenvalue weighted by molar-refractivity contribution is 0.400. The van der Waals surface area contributed by atoms with Gasteiger partial charge in [-0.3, -0.25) is 9.40 Å². The Morgan fingerprint density at radius 1 is 1.19 bits per heavy atom. The largest absolute Gasteiger partial charge is 0.480 e. The van der Waals surface area contributed by atoms with Crippen molar-refractivity contribution in [3.05, 3.63) is 60.7 Å². The number of fused-ring (bicyclic) bond motifs is 2. The Hall–Kier alpha value is -3.86. The van der Waals surface area contributed by atoms with E-state index in [2.05, 4.69) is 20.0 Å². The molecule has 0 amide bonds. The highest BCUT2D eigenvalue weighted by Crippen LogP contribution is 2.33. The van der Waals surface area contributed by atoms with Gasteiger partial charge in [0.2, 0.25) is 5.88 Å². The second-order valence-corrected chi connectivity index (χ2v) is 8.60. The molecule has 0 fully saturated rings. The molecular weight excluding hydrogens is 420 g/mol. The van der Waals surface area contributed by atoms with Crippen molar-refractivity contribution in [1.29, 1.82) is 0 Å². The summed E-state index contributed by atoms with van der Waals surface area (Å²) in [4.78, 5) is 4.60. The van der Waals surface area contributed by atoms with E-state index in [-0.39, 0.29) is 16.6 Å². The van der Waals surface area contributed by atoms with Gasteiger partial charge in [-0.15, -0.1) is 0 Å². The van der Waals surface area contributed by atoms with Gasteiger partial charge in [0.25, 0.3) is 10.0 Å². The molecule has 11 heteroatoms. The number of nitrogens with one attached hydrogen (secondary N) is 1. The summed E-state index contributed by atoms with van der Waals surface area (Å²) in [6.07, 6.45) is 5.29. The van der Waals surface area contributed by atoms with E-state index in [1.54, 1.807) is 35.1 Å². The van der Waals surface area contributed by atoms with Gasteiger partial charge in [-0.2, -0.15) is 5.10 Å². The van der Waals surface area contributed by atoms with Crippen LogP contribution in [0.5, 0.6) is 5.88 Å². The Kier molecular flexibility index (Phi) is 4.40. The second kappa shape index (κ2) is 7.13. The molecule has 31 heavy (non-hydrogen) atoms. The SMILES string of the molecule is COc1nc(Cn2cccn2)cc2onc(NS(=O)(=O)c3cccc4c3ccn4C)c12. The molecule has 5 rings (SSSR count). The van der Waals surface area contributed by atoms with Crippen LogP contribution in [0.15, 0.2) is 64.4 Å². The van der Waals surface area contributed by atoms with E-state index >= 15 is 0 Å². The lowest BCUT2D eigenvalue weighted by Crippen LogP contribution is -2.14. The molecule has 0 saturated heterocycles. The van der Waals surface area contributed by atoms with Crippen LogP contribution in [0.3, 0.4) is 0 Å². The minimum absolute atomic E-state index is 0.0120. The van der Waals surface area contributed by atoms with Crippen molar-refractivity contribution in [2.75, 3.05) is 11.8 Å².